The number of alkyl halides is 1. The molecule has 188 valence electrons. The molecular formula is C25H37BrN2O5Si. The summed E-state index contributed by atoms with van der Waals surface area (Å²) in [5.74, 6) is 0.665. The van der Waals surface area contributed by atoms with Gasteiger partial charge in [0, 0.05) is 32.3 Å². The predicted molar refractivity (Wildman–Crippen MR) is 141 cm³/mol. The summed E-state index contributed by atoms with van der Waals surface area (Å²) in [6, 6.07) is 3.90. The van der Waals surface area contributed by atoms with Crippen LogP contribution < -0.4 is 14.4 Å². The quantitative estimate of drug-likeness (QED) is 0.197. The molecule has 2 aliphatic heterocycles. The number of benzene rings is 1. The first-order chi connectivity index (χ1) is 16.2. The van der Waals surface area contributed by atoms with E-state index >= 15 is 0 Å². The molecule has 1 aromatic rings. The fraction of sp³-hybridized carbons (Fsp3) is 0.600. The van der Waals surface area contributed by atoms with Crippen molar-refractivity contribution in [3.63, 3.8) is 0 Å². The molecule has 0 radical (unpaired) electrons. The van der Waals surface area contributed by atoms with E-state index in [4.69, 9.17) is 14.2 Å². The molecule has 0 aromatic heterocycles. The maximum atomic E-state index is 13.6. The van der Waals surface area contributed by atoms with Crippen molar-refractivity contribution in [1.29, 1.82) is 0 Å². The molecule has 0 unspecified atom stereocenters. The average Bonchev–Trinajstić information content (AvgIpc) is 3.16. The van der Waals surface area contributed by atoms with Crippen molar-refractivity contribution in [2.45, 2.75) is 64.3 Å². The zero-order valence-electron chi connectivity index (χ0n) is 21.0. The van der Waals surface area contributed by atoms with Crippen LogP contribution in [-0.2, 0) is 9.53 Å². The molecule has 2 amide bonds. The van der Waals surface area contributed by atoms with Crippen molar-refractivity contribution in [2.75, 3.05) is 37.3 Å². The number of ether oxygens (including phenoxy) is 3. The van der Waals surface area contributed by atoms with Gasteiger partial charge in [-0.2, -0.15) is 0 Å². The van der Waals surface area contributed by atoms with Gasteiger partial charge in [0.25, 0.3) is 11.8 Å². The number of nitrogens with zero attached hydrogens (tertiary/aromatic N) is 2. The molecule has 0 aliphatic carbocycles. The Morgan fingerprint density at radius 1 is 1.09 bits per heavy atom. The maximum absolute atomic E-state index is 13.6. The third kappa shape index (κ3) is 6.43. The lowest BCUT2D eigenvalue weighted by Gasteiger charge is -2.26. The van der Waals surface area contributed by atoms with Crippen molar-refractivity contribution in [2.24, 2.45) is 0 Å². The monoisotopic (exact) mass is 552 g/mol. The van der Waals surface area contributed by atoms with Crippen LogP contribution in [0.2, 0.25) is 25.7 Å². The van der Waals surface area contributed by atoms with Crippen LogP contribution >= 0.6 is 15.9 Å². The number of carbonyl (C=O) groups excluding carboxylic acids is 2. The summed E-state index contributed by atoms with van der Waals surface area (Å²) in [4.78, 5) is 30.3. The molecule has 0 spiro atoms. The Bertz CT molecular complexity index is 931. The Morgan fingerprint density at radius 3 is 2.53 bits per heavy atom. The number of carbonyl (C=O) groups is 2. The van der Waals surface area contributed by atoms with Crippen LogP contribution in [0.25, 0.3) is 0 Å². The Kier molecular flexibility index (Phi) is 9.23. The van der Waals surface area contributed by atoms with Crippen LogP contribution in [0, 0.1) is 0 Å². The Labute approximate surface area is 212 Å². The van der Waals surface area contributed by atoms with Crippen LogP contribution in [0.1, 0.15) is 43.0 Å². The van der Waals surface area contributed by atoms with Crippen molar-refractivity contribution >= 4 is 41.5 Å². The molecule has 2 heterocycles. The van der Waals surface area contributed by atoms with E-state index in [2.05, 4.69) is 35.6 Å². The van der Waals surface area contributed by atoms with Crippen molar-refractivity contribution in [1.82, 2.24) is 4.90 Å². The SMILES string of the molecule is COc1cc2c(cc1OCCCCCBr)N(COCC[Si](C)(C)C)C(=O)[C@@H]1CC(C)=CN1C2=O. The summed E-state index contributed by atoms with van der Waals surface area (Å²) in [5, 5.41) is 0.970. The lowest BCUT2D eigenvalue weighted by atomic mass is 10.1. The Hall–Kier alpha value is -1.84. The summed E-state index contributed by atoms with van der Waals surface area (Å²) in [6.45, 7) is 10.0. The molecule has 0 saturated heterocycles. The minimum Gasteiger partial charge on any atom is -0.493 e. The second-order valence-electron chi connectivity index (χ2n) is 10.1. The van der Waals surface area contributed by atoms with Gasteiger partial charge in [-0.15, -0.1) is 0 Å². The van der Waals surface area contributed by atoms with Crippen molar-refractivity contribution in [3.05, 3.63) is 29.5 Å². The van der Waals surface area contributed by atoms with Crippen molar-refractivity contribution < 1.29 is 23.8 Å². The van der Waals surface area contributed by atoms with Gasteiger partial charge < -0.3 is 19.1 Å². The zero-order valence-corrected chi connectivity index (χ0v) is 23.6. The van der Waals surface area contributed by atoms with Crippen LogP contribution in [0.3, 0.4) is 0 Å². The second-order valence-corrected chi connectivity index (χ2v) is 16.6. The first-order valence-electron chi connectivity index (χ1n) is 12.0. The van der Waals surface area contributed by atoms with Gasteiger partial charge in [-0.3, -0.25) is 14.5 Å². The van der Waals surface area contributed by atoms with Gasteiger partial charge in [-0.25, -0.2) is 0 Å². The molecular weight excluding hydrogens is 516 g/mol. The summed E-state index contributed by atoms with van der Waals surface area (Å²) < 4.78 is 17.6. The second kappa shape index (κ2) is 11.7. The fourth-order valence-corrected chi connectivity index (χ4v) is 5.22. The lowest BCUT2D eigenvalue weighted by Crippen LogP contribution is -2.45. The highest BCUT2D eigenvalue weighted by molar-refractivity contribution is 9.09. The third-order valence-corrected chi connectivity index (χ3v) is 8.32. The van der Waals surface area contributed by atoms with Gasteiger partial charge in [-0.05, 0) is 44.7 Å². The number of rotatable bonds is 12. The minimum absolute atomic E-state index is 0.101. The molecule has 0 saturated carbocycles. The lowest BCUT2D eigenvalue weighted by molar-refractivity contribution is -0.123. The Balaban J connectivity index is 1.92. The van der Waals surface area contributed by atoms with Gasteiger partial charge in [0.2, 0.25) is 0 Å². The number of hydrogen-bond donors (Lipinski definition) is 0. The number of unbranched alkanes of at least 4 members (excludes halogenated alkanes) is 2. The summed E-state index contributed by atoms with van der Waals surface area (Å²) in [5.41, 5.74) is 1.93. The van der Waals surface area contributed by atoms with E-state index in [0.29, 0.717) is 42.4 Å². The summed E-state index contributed by atoms with van der Waals surface area (Å²) in [7, 11) is 0.292. The number of methoxy groups -OCH3 is 1. The van der Waals surface area contributed by atoms with E-state index in [1.54, 1.807) is 35.2 Å². The molecule has 0 bridgehead atoms. The molecule has 7 nitrogen and oxygen atoms in total. The molecule has 1 atom stereocenters. The van der Waals surface area contributed by atoms with Crippen LogP contribution in [-0.4, -0.2) is 63.2 Å². The van der Waals surface area contributed by atoms with E-state index in [1.807, 2.05) is 6.92 Å². The largest absolute Gasteiger partial charge is 0.493 e. The minimum atomic E-state index is -1.27. The molecule has 0 N–H and O–H groups in total. The average molecular weight is 554 g/mol. The van der Waals surface area contributed by atoms with Gasteiger partial charge in [0.05, 0.1) is 25.0 Å². The van der Waals surface area contributed by atoms with Gasteiger partial charge in [0.1, 0.15) is 12.8 Å². The highest BCUT2D eigenvalue weighted by Crippen LogP contribution is 2.40. The fourth-order valence-electron chi connectivity index (χ4n) is 4.07. The number of halogens is 1. The topological polar surface area (TPSA) is 68.3 Å². The van der Waals surface area contributed by atoms with Gasteiger partial charge >= 0.3 is 0 Å². The number of anilines is 1. The third-order valence-electron chi connectivity index (χ3n) is 6.05. The maximum Gasteiger partial charge on any atom is 0.260 e. The molecule has 0 fully saturated rings. The predicted octanol–water partition coefficient (Wildman–Crippen LogP) is 5.42. The summed E-state index contributed by atoms with van der Waals surface area (Å²) >= 11 is 3.45. The van der Waals surface area contributed by atoms with Crippen LogP contribution in [0.5, 0.6) is 11.5 Å². The number of fused-ring (bicyclic) bond motifs is 2. The van der Waals surface area contributed by atoms with Crippen molar-refractivity contribution in [3.8, 4) is 11.5 Å². The normalized spacial score (nSPS) is 17.9. The number of amides is 2. The van der Waals surface area contributed by atoms with E-state index < -0.39 is 14.1 Å². The molecule has 1 aromatic carbocycles. The van der Waals surface area contributed by atoms with E-state index in [1.165, 1.54) is 0 Å². The van der Waals surface area contributed by atoms with Crippen LogP contribution in [0.4, 0.5) is 5.69 Å². The van der Waals surface area contributed by atoms with Gasteiger partial charge in [-0.1, -0.05) is 41.1 Å². The number of hydrogen-bond acceptors (Lipinski definition) is 5. The summed E-state index contributed by atoms with van der Waals surface area (Å²) in [6.07, 6.45) is 5.35. The molecule has 3 rings (SSSR count). The van der Waals surface area contributed by atoms with E-state index in [0.717, 1.165) is 36.2 Å². The highest BCUT2D eigenvalue weighted by atomic mass is 79.9. The highest BCUT2D eigenvalue weighted by Gasteiger charge is 2.42. The first kappa shape index (κ1) is 26.8. The molecule has 9 heteroatoms. The molecule has 2 aliphatic rings. The first-order valence-corrected chi connectivity index (χ1v) is 16.8. The molecule has 34 heavy (non-hydrogen) atoms. The smallest absolute Gasteiger partial charge is 0.260 e. The Morgan fingerprint density at radius 2 is 1.85 bits per heavy atom. The van der Waals surface area contributed by atoms with Gasteiger partial charge in [0.15, 0.2) is 11.5 Å². The van der Waals surface area contributed by atoms with Crippen LogP contribution in [0.15, 0.2) is 23.9 Å². The van der Waals surface area contributed by atoms with E-state index in [-0.39, 0.29) is 18.5 Å². The standard InChI is InChI=1S/C25H37BrN2O5Si/c1-18-13-21-25(30)28(17-32-11-12-34(3,4)5)20-15-23(33-10-8-6-7-9-26)22(31-2)14-19(20)24(29)27(21)16-18/h14-16,21H,6-13,17H2,1-5H3/t21-/m0/s1. The zero-order chi connectivity index (χ0) is 24.9. The van der Waals surface area contributed by atoms with E-state index in [9.17, 15) is 9.59 Å².